The number of anilines is 1. The first kappa shape index (κ1) is 17.4. The standard InChI is InChI=1S/C21H23N5O/c22-11-10-19-24-18-9-5-4-8-17(18)21(25-19)23-16-12-20(27)26(14-16)13-15-6-2-1-3-7-15/h1-9,16H,10-14,22H2,(H,23,24,25)/t16-/m1/s1. The maximum atomic E-state index is 12.4. The molecular weight excluding hydrogens is 338 g/mol. The van der Waals surface area contributed by atoms with Gasteiger partial charge in [-0.1, -0.05) is 42.5 Å². The molecule has 0 saturated carbocycles. The Morgan fingerprint density at radius 1 is 1.07 bits per heavy atom. The van der Waals surface area contributed by atoms with E-state index in [9.17, 15) is 4.79 Å². The molecule has 27 heavy (non-hydrogen) atoms. The number of likely N-dealkylation sites (tertiary alicyclic amines) is 1. The number of rotatable bonds is 6. The number of carbonyl (C=O) groups is 1. The zero-order chi connectivity index (χ0) is 18.6. The summed E-state index contributed by atoms with van der Waals surface area (Å²) in [6, 6.07) is 18.0. The second kappa shape index (κ2) is 7.72. The van der Waals surface area contributed by atoms with Crippen LogP contribution in [0, 0.1) is 0 Å². The molecule has 0 bridgehead atoms. The first-order valence-corrected chi connectivity index (χ1v) is 9.27. The highest BCUT2D eigenvalue weighted by molar-refractivity contribution is 5.89. The molecule has 0 aliphatic carbocycles. The Bertz CT molecular complexity index is 944. The lowest BCUT2D eigenvalue weighted by molar-refractivity contribution is -0.128. The van der Waals surface area contributed by atoms with Crippen LogP contribution in [-0.4, -0.2) is 39.9 Å². The number of benzene rings is 2. The number of hydrogen-bond donors (Lipinski definition) is 2. The number of carbonyl (C=O) groups excluding carboxylic acids is 1. The molecule has 0 unspecified atom stereocenters. The lowest BCUT2D eigenvalue weighted by Gasteiger charge is -2.18. The minimum absolute atomic E-state index is 0.0326. The summed E-state index contributed by atoms with van der Waals surface area (Å²) in [6.07, 6.45) is 1.10. The molecule has 1 saturated heterocycles. The monoisotopic (exact) mass is 361 g/mol. The van der Waals surface area contributed by atoms with E-state index in [2.05, 4.69) is 15.3 Å². The number of aromatic nitrogens is 2. The van der Waals surface area contributed by atoms with Crippen LogP contribution in [0.4, 0.5) is 5.82 Å². The highest BCUT2D eigenvalue weighted by atomic mass is 16.2. The van der Waals surface area contributed by atoms with Crippen molar-refractivity contribution in [1.82, 2.24) is 14.9 Å². The molecule has 6 heteroatoms. The third kappa shape index (κ3) is 3.90. The second-order valence-corrected chi connectivity index (χ2v) is 6.85. The van der Waals surface area contributed by atoms with Crippen LogP contribution < -0.4 is 11.1 Å². The number of hydrogen-bond acceptors (Lipinski definition) is 5. The molecule has 3 N–H and O–H groups in total. The zero-order valence-electron chi connectivity index (χ0n) is 15.1. The molecule has 138 valence electrons. The molecular formula is C21H23N5O. The number of fused-ring (bicyclic) bond motifs is 1. The van der Waals surface area contributed by atoms with Gasteiger partial charge in [0.1, 0.15) is 11.6 Å². The van der Waals surface area contributed by atoms with Crippen molar-refractivity contribution in [2.75, 3.05) is 18.4 Å². The van der Waals surface area contributed by atoms with Crippen LogP contribution in [-0.2, 0) is 17.8 Å². The van der Waals surface area contributed by atoms with E-state index in [0.29, 0.717) is 32.5 Å². The topological polar surface area (TPSA) is 84.1 Å². The highest BCUT2D eigenvalue weighted by Crippen LogP contribution is 2.24. The summed E-state index contributed by atoms with van der Waals surface area (Å²) in [5.74, 6) is 1.67. The molecule has 4 rings (SSSR count). The third-order valence-corrected chi connectivity index (χ3v) is 4.79. The Morgan fingerprint density at radius 2 is 1.85 bits per heavy atom. The predicted octanol–water partition coefficient (Wildman–Crippen LogP) is 2.34. The second-order valence-electron chi connectivity index (χ2n) is 6.85. The van der Waals surface area contributed by atoms with Crippen molar-refractivity contribution in [3.8, 4) is 0 Å². The van der Waals surface area contributed by atoms with Crippen molar-refractivity contribution >= 4 is 22.6 Å². The SMILES string of the molecule is NCCc1nc(N[C@@H]2CC(=O)N(Cc3ccccc3)C2)c2ccccc2n1. The minimum atomic E-state index is 0.0326. The molecule has 1 atom stereocenters. The van der Waals surface area contributed by atoms with Gasteiger partial charge in [0, 0.05) is 31.3 Å². The number of para-hydroxylation sites is 1. The van der Waals surface area contributed by atoms with Gasteiger partial charge in [-0.3, -0.25) is 4.79 Å². The molecule has 1 fully saturated rings. The number of nitrogens with zero attached hydrogens (tertiary/aromatic N) is 3. The minimum Gasteiger partial charge on any atom is -0.364 e. The molecule has 2 heterocycles. The van der Waals surface area contributed by atoms with Gasteiger partial charge in [-0.2, -0.15) is 0 Å². The molecule has 1 aromatic heterocycles. The molecule has 2 aromatic carbocycles. The van der Waals surface area contributed by atoms with Crippen LogP contribution in [0.1, 0.15) is 17.8 Å². The number of amides is 1. The van der Waals surface area contributed by atoms with Gasteiger partial charge in [0.2, 0.25) is 5.91 Å². The van der Waals surface area contributed by atoms with E-state index in [1.54, 1.807) is 0 Å². The molecule has 0 spiro atoms. The molecule has 1 amide bonds. The maximum absolute atomic E-state index is 12.4. The van der Waals surface area contributed by atoms with Crippen LogP contribution in [0.25, 0.3) is 10.9 Å². The van der Waals surface area contributed by atoms with E-state index >= 15 is 0 Å². The molecule has 0 radical (unpaired) electrons. The van der Waals surface area contributed by atoms with E-state index < -0.39 is 0 Å². The summed E-state index contributed by atoms with van der Waals surface area (Å²) in [5, 5.41) is 4.44. The van der Waals surface area contributed by atoms with Crippen molar-refractivity contribution in [1.29, 1.82) is 0 Å². The molecule has 1 aliphatic rings. The van der Waals surface area contributed by atoms with Crippen molar-refractivity contribution in [3.05, 3.63) is 66.0 Å². The average Bonchev–Trinajstić information content (AvgIpc) is 3.02. The molecule has 6 nitrogen and oxygen atoms in total. The number of nitrogens with one attached hydrogen (secondary N) is 1. The van der Waals surface area contributed by atoms with E-state index in [-0.39, 0.29) is 11.9 Å². The fourth-order valence-corrected chi connectivity index (χ4v) is 3.49. The maximum Gasteiger partial charge on any atom is 0.225 e. The largest absolute Gasteiger partial charge is 0.364 e. The summed E-state index contributed by atoms with van der Waals surface area (Å²) < 4.78 is 0. The van der Waals surface area contributed by atoms with Gasteiger partial charge in [0.15, 0.2) is 0 Å². The summed E-state index contributed by atoms with van der Waals surface area (Å²) in [7, 11) is 0. The number of nitrogens with two attached hydrogens (primary N) is 1. The summed E-state index contributed by atoms with van der Waals surface area (Å²) in [5.41, 5.74) is 7.71. The predicted molar refractivity (Wildman–Crippen MR) is 106 cm³/mol. The third-order valence-electron chi connectivity index (χ3n) is 4.79. The van der Waals surface area contributed by atoms with Gasteiger partial charge in [-0.05, 0) is 24.2 Å². The lowest BCUT2D eigenvalue weighted by atomic mass is 10.2. The van der Waals surface area contributed by atoms with Gasteiger partial charge >= 0.3 is 0 Å². The van der Waals surface area contributed by atoms with E-state index in [1.807, 2.05) is 59.5 Å². The Kier molecular flexibility index (Phi) is 4.98. The summed E-state index contributed by atoms with van der Waals surface area (Å²) >= 11 is 0. The Morgan fingerprint density at radius 3 is 2.67 bits per heavy atom. The molecule has 1 aliphatic heterocycles. The van der Waals surface area contributed by atoms with Crippen LogP contribution in [0.5, 0.6) is 0 Å². The fraction of sp³-hybridized carbons (Fsp3) is 0.286. The van der Waals surface area contributed by atoms with Gasteiger partial charge in [0.25, 0.3) is 0 Å². The fourth-order valence-electron chi connectivity index (χ4n) is 3.49. The van der Waals surface area contributed by atoms with E-state index in [4.69, 9.17) is 5.73 Å². The normalized spacial score (nSPS) is 16.9. The smallest absolute Gasteiger partial charge is 0.225 e. The highest BCUT2D eigenvalue weighted by Gasteiger charge is 2.30. The van der Waals surface area contributed by atoms with E-state index in [0.717, 1.165) is 28.1 Å². The average molecular weight is 361 g/mol. The van der Waals surface area contributed by atoms with Crippen LogP contribution >= 0.6 is 0 Å². The van der Waals surface area contributed by atoms with E-state index in [1.165, 1.54) is 0 Å². The van der Waals surface area contributed by atoms with Gasteiger partial charge in [0.05, 0.1) is 11.6 Å². The van der Waals surface area contributed by atoms with Crippen molar-refractivity contribution in [2.24, 2.45) is 5.73 Å². The Balaban J connectivity index is 1.53. The Labute approximate surface area is 158 Å². The van der Waals surface area contributed by atoms with Crippen molar-refractivity contribution < 1.29 is 4.79 Å². The van der Waals surface area contributed by atoms with Crippen molar-refractivity contribution in [2.45, 2.75) is 25.4 Å². The van der Waals surface area contributed by atoms with Crippen LogP contribution in [0.3, 0.4) is 0 Å². The first-order chi connectivity index (χ1) is 13.2. The van der Waals surface area contributed by atoms with Crippen molar-refractivity contribution in [3.63, 3.8) is 0 Å². The van der Waals surface area contributed by atoms with Gasteiger partial charge in [-0.25, -0.2) is 9.97 Å². The van der Waals surface area contributed by atoms with Gasteiger partial charge in [-0.15, -0.1) is 0 Å². The van der Waals surface area contributed by atoms with Crippen LogP contribution in [0.2, 0.25) is 0 Å². The van der Waals surface area contributed by atoms with Gasteiger partial charge < -0.3 is 16.0 Å². The quantitative estimate of drug-likeness (QED) is 0.704. The molecule has 3 aromatic rings. The lowest BCUT2D eigenvalue weighted by Crippen LogP contribution is -2.28. The Hall–Kier alpha value is -2.99. The summed E-state index contributed by atoms with van der Waals surface area (Å²) in [4.78, 5) is 23.6. The summed E-state index contributed by atoms with van der Waals surface area (Å²) in [6.45, 7) is 1.81. The van der Waals surface area contributed by atoms with Crippen LogP contribution in [0.15, 0.2) is 54.6 Å². The first-order valence-electron chi connectivity index (χ1n) is 9.27. The zero-order valence-corrected chi connectivity index (χ0v) is 15.1.